The van der Waals surface area contributed by atoms with E-state index >= 15 is 0 Å². The van der Waals surface area contributed by atoms with Gasteiger partial charge in [-0.3, -0.25) is 9.59 Å². The molecule has 0 spiro atoms. The predicted molar refractivity (Wildman–Crippen MR) is 61.4 cm³/mol. The Morgan fingerprint density at radius 3 is 1.56 bits per heavy atom. The first-order valence-corrected chi connectivity index (χ1v) is 5.45. The average molecular weight is 228 g/mol. The number of ketones is 2. The van der Waals surface area contributed by atoms with Crippen molar-refractivity contribution in [3.05, 3.63) is 12.2 Å². The highest BCUT2D eigenvalue weighted by Crippen LogP contribution is 1.95. The molecule has 0 aromatic rings. The summed E-state index contributed by atoms with van der Waals surface area (Å²) in [5.74, 6) is 0.129. The van der Waals surface area contributed by atoms with Gasteiger partial charge in [0.15, 0.2) is 11.6 Å². The van der Waals surface area contributed by atoms with E-state index in [9.17, 15) is 9.59 Å². The van der Waals surface area contributed by atoms with Crippen LogP contribution < -0.4 is 0 Å². The summed E-state index contributed by atoms with van der Waals surface area (Å²) in [6.07, 6.45) is 0.960. The molecule has 92 valence electrons. The normalized spacial score (nSPS) is 10.1. The van der Waals surface area contributed by atoms with Gasteiger partial charge in [-0.15, -0.1) is 0 Å². The van der Waals surface area contributed by atoms with Crippen LogP contribution in [0.4, 0.5) is 0 Å². The third-order valence-corrected chi connectivity index (χ3v) is 1.93. The number of carbonyl (C=O) groups is 2. The lowest BCUT2D eigenvalue weighted by atomic mass is 10.3. The number of Topliss-reactive ketones (excluding diaryl/α,β-unsaturated/α-hetero) is 2. The molecule has 16 heavy (non-hydrogen) atoms. The zero-order valence-corrected chi connectivity index (χ0v) is 10.1. The molecule has 4 heteroatoms. The lowest BCUT2D eigenvalue weighted by Crippen LogP contribution is -2.13. The molecule has 0 aliphatic carbocycles. The Bertz CT molecular complexity index is 221. The summed E-state index contributed by atoms with van der Waals surface area (Å²) < 4.78 is 10.2. The molecule has 0 aliphatic heterocycles. The van der Waals surface area contributed by atoms with Crippen LogP contribution in [0.2, 0.25) is 0 Å². The van der Waals surface area contributed by atoms with Crippen molar-refractivity contribution in [2.75, 3.05) is 26.4 Å². The maximum absolute atomic E-state index is 10.9. The smallest absolute Gasteiger partial charge is 0.158 e. The van der Waals surface area contributed by atoms with Gasteiger partial charge in [-0.25, -0.2) is 0 Å². The molecular weight excluding hydrogens is 208 g/mol. The zero-order valence-electron chi connectivity index (χ0n) is 10.1. The fraction of sp³-hybridized carbons (Fsp3) is 0.667. The maximum atomic E-state index is 10.9. The van der Waals surface area contributed by atoms with Crippen molar-refractivity contribution in [3.63, 3.8) is 0 Å². The quantitative estimate of drug-likeness (QED) is 0.532. The van der Waals surface area contributed by atoms with Gasteiger partial charge in [0.2, 0.25) is 0 Å². The SMILES string of the molecule is C=C(COCC(=O)CC)COCC(=O)CC. The number of ether oxygens (including phenoxy) is 2. The summed E-state index contributed by atoms with van der Waals surface area (Å²) in [5.41, 5.74) is 0.729. The second-order valence-corrected chi connectivity index (χ2v) is 3.52. The molecule has 0 heterocycles. The highest BCUT2D eigenvalue weighted by atomic mass is 16.5. The van der Waals surface area contributed by atoms with E-state index in [1.54, 1.807) is 13.8 Å². The summed E-state index contributed by atoms with van der Waals surface area (Å²) in [6.45, 7) is 8.14. The van der Waals surface area contributed by atoms with Crippen LogP contribution in [-0.2, 0) is 19.1 Å². The minimum Gasteiger partial charge on any atom is -0.369 e. The van der Waals surface area contributed by atoms with Crippen molar-refractivity contribution in [2.24, 2.45) is 0 Å². The molecule has 0 aromatic heterocycles. The summed E-state index contributed by atoms with van der Waals surface area (Å²) in [6, 6.07) is 0. The van der Waals surface area contributed by atoms with Crippen LogP contribution in [0, 0.1) is 0 Å². The minimum atomic E-state index is 0.0647. The second-order valence-electron chi connectivity index (χ2n) is 3.52. The Morgan fingerprint density at radius 1 is 0.875 bits per heavy atom. The van der Waals surface area contributed by atoms with E-state index in [2.05, 4.69) is 6.58 Å². The summed E-state index contributed by atoms with van der Waals surface area (Å²) in [5, 5.41) is 0. The number of rotatable bonds is 10. The van der Waals surface area contributed by atoms with Crippen LogP contribution in [0.1, 0.15) is 26.7 Å². The van der Waals surface area contributed by atoms with Crippen LogP contribution >= 0.6 is 0 Å². The van der Waals surface area contributed by atoms with Crippen molar-refractivity contribution in [3.8, 4) is 0 Å². The first-order chi connectivity index (χ1) is 7.60. The monoisotopic (exact) mass is 228 g/mol. The van der Waals surface area contributed by atoms with Crippen LogP contribution in [0.25, 0.3) is 0 Å². The molecule has 0 fully saturated rings. The standard InChI is InChI=1S/C12H20O4/c1-4-11(13)8-15-6-10(3)7-16-9-12(14)5-2/h3-9H2,1-2H3. The molecular formula is C12H20O4. The van der Waals surface area contributed by atoms with Gasteiger partial charge >= 0.3 is 0 Å². The third kappa shape index (κ3) is 8.32. The van der Waals surface area contributed by atoms with Crippen LogP contribution in [-0.4, -0.2) is 38.0 Å². The van der Waals surface area contributed by atoms with Gasteiger partial charge in [0.25, 0.3) is 0 Å². The van der Waals surface area contributed by atoms with Gasteiger partial charge in [0, 0.05) is 12.8 Å². The van der Waals surface area contributed by atoms with Gasteiger partial charge in [-0.1, -0.05) is 20.4 Å². The van der Waals surface area contributed by atoms with Crippen molar-refractivity contribution >= 4 is 11.6 Å². The van der Waals surface area contributed by atoms with E-state index in [1.165, 1.54) is 0 Å². The highest BCUT2D eigenvalue weighted by Gasteiger charge is 2.02. The Hall–Kier alpha value is -1.00. The lowest BCUT2D eigenvalue weighted by molar-refractivity contribution is -0.123. The van der Waals surface area contributed by atoms with Crippen LogP contribution in [0.15, 0.2) is 12.2 Å². The lowest BCUT2D eigenvalue weighted by Gasteiger charge is -2.06. The van der Waals surface area contributed by atoms with Crippen molar-refractivity contribution in [1.29, 1.82) is 0 Å². The average Bonchev–Trinajstić information content (AvgIpc) is 2.28. The largest absolute Gasteiger partial charge is 0.369 e. The molecule has 0 rings (SSSR count). The maximum Gasteiger partial charge on any atom is 0.158 e. The minimum absolute atomic E-state index is 0.0647. The fourth-order valence-corrected chi connectivity index (χ4v) is 0.864. The predicted octanol–water partition coefficient (Wildman–Crippen LogP) is 1.53. The molecule has 0 atom stereocenters. The number of hydrogen-bond donors (Lipinski definition) is 0. The third-order valence-electron chi connectivity index (χ3n) is 1.93. The number of hydrogen-bond acceptors (Lipinski definition) is 4. The highest BCUT2D eigenvalue weighted by molar-refractivity contribution is 5.79. The molecule has 0 radical (unpaired) electrons. The molecule has 0 N–H and O–H groups in total. The zero-order chi connectivity index (χ0) is 12.4. The molecule has 0 saturated carbocycles. The van der Waals surface area contributed by atoms with Crippen molar-refractivity contribution in [1.82, 2.24) is 0 Å². The van der Waals surface area contributed by atoms with Gasteiger partial charge in [0.1, 0.15) is 13.2 Å². The summed E-state index contributed by atoms with van der Waals surface area (Å²) >= 11 is 0. The molecule has 0 aliphatic rings. The van der Waals surface area contributed by atoms with E-state index < -0.39 is 0 Å². The fourth-order valence-electron chi connectivity index (χ4n) is 0.864. The Kier molecular flexibility index (Phi) is 8.66. The molecule has 0 unspecified atom stereocenters. The van der Waals surface area contributed by atoms with Gasteiger partial charge in [-0.2, -0.15) is 0 Å². The van der Waals surface area contributed by atoms with Crippen LogP contribution in [0.5, 0.6) is 0 Å². The molecule has 0 aromatic carbocycles. The van der Waals surface area contributed by atoms with Gasteiger partial charge in [0.05, 0.1) is 13.2 Å². The van der Waals surface area contributed by atoms with Crippen molar-refractivity contribution < 1.29 is 19.1 Å². The van der Waals surface area contributed by atoms with Gasteiger partial charge in [-0.05, 0) is 5.57 Å². The Balaban J connectivity index is 3.45. The first kappa shape index (κ1) is 15.0. The first-order valence-electron chi connectivity index (χ1n) is 5.45. The second kappa shape index (κ2) is 9.24. The molecule has 4 nitrogen and oxygen atoms in total. The molecule has 0 amide bonds. The molecule has 0 bridgehead atoms. The molecule has 0 saturated heterocycles. The topological polar surface area (TPSA) is 52.6 Å². The van der Waals surface area contributed by atoms with E-state index in [-0.39, 0.29) is 24.8 Å². The van der Waals surface area contributed by atoms with E-state index in [4.69, 9.17) is 9.47 Å². The number of carbonyl (C=O) groups excluding carboxylic acids is 2. The van der Waals surface area contributed by atoms with Gasteiger partial charge < -0.3 is 9.47 Å². The van der Waals surface area contributed by atoms with E-state index in [0.29, 0.717) is 26.1 Å². The summed E-state index contributed by atoms with van der Waals surface area (Å²) in [7, 11) is 0. The van der Waals surface area contributed by atoms with Crippen molar-refractivity contribution in [2.45, 2.75) is 26.7 Å². The van der Waals surface area contributed by atoms with E-state index in [0.717, 1.165) is 5.57 Å². The Labute approximate surface area is 96.6 Å². The summed E-state index contributed by atoms with van der Waals surface area (Å²) in [4.78, 5) is 21.8. The Morgan fingerprint density at radius 2 is 1.25 bits per heavy atom. The van der Waals surface area contributed by atoms with E-state index in [1.807, 2.05) is 0 Å². The van der Waals surface area contributed by atoms with Crippen LogP contribution in [0.3, 0.4) is 0 Å².